The van der Waals surface area contributed by atoms with E-state index in [0.717, 1.165) is 0 Å². The van der Waals surface area contributed by atoms with Gasteiger partial charge < -0.3 is 14.2 Å². The molecule has 0 saturated carbocycles. The molecule has 29 heavy (non-hydrogen) atoms. The van der Waals surface area contributed by atoms with E-state index in [9.17, 15) is 14.4 Å². The Morgan fingerprint density at radius 2 is 2.00 bits per heavy atom. The third kappa shape index (κ3) is 3.87. The number of aliphatic imine (C=N–C) groups is 1. The van der Waals surface area contributed by atoms with Crippen molar-refractivity contribution >= 4 is 34.8 Å². The second-order valence-electron chi connectivity index (χ2n) is 6.49. The highest BCUT2D eigenvalue weighted by Crippen LogP contribution is 2.44. The van der Waals surface area contributed by atoms with Crippen LogP contribution in [0.3, 0.4) is 0 Å². The molecule has 3 rings (SSSR count). The van der Waals surface area contributed by atoms with E-state index >= 15 is 0 Å². The number of fused-ring (bicyclic) bond motifs is 1. The number of rotatable bonds is 5. The Kier molecular flexibility index (Phi) is 5.97. The Hall–Kier alpha value is -2.81. The van der Waals surface area contributed by atoms with Crippen molar-refractivity contribution in [3.8, 4) is 11.5 Å². The van der Waals surface area contributed by atoms with Crippen LogP contribution in [0.2, 0.25) is 0 Å². The lowest BCUT2D eigenvalue weighted by molar-refractivity contribution is -0.139. The van der Waals surface area contributed by atoms with Gasteiger partial charge in [-0.1, -0.05) is 17.8 Å². The molecule has 0 N–H and O–H groups in total. The van der Waals surface area contributed by atoms with E-state index in [1.807, 2.05) is 0 Å². The van der Waals surface area contributed by atoms with Gasteiger partial charge in [-0.15, -0.1) is 0 Å². The molecule has 2 heterocycles. The van der Waals surface area contributed by atoms with Crippen LogP contribution in [0.15, 0.2) is 34.5 Å². The molecule has 0 radical (unpaired) electrons. The topological polar surface area (TPSA) is 94.5 Å². The van der Waals surface area contributed by atoms with Crippen LogP contribution in [0, 0.1) is 0 Å². The molecule has 1 amide bonds. The van der Waals surface area contributed by atoms with Gasteiger partial charge in [0.05, 0.1) is 36.3 Å². The molecule has 2 aliphatic heterocycles. The highest BCUT2D eigenvalue weighted by Gasteiger charge is 2.46. The molecule has 0 aliphatic carbocycles. The van der Waals surface area contributed by atoms with E-state index in [4.69, 9.17) is 14.2 Å². The van der Waals surface area contributed by atoms with Crippen LogP contribution in [0.25, 0.3) is 0 Å². The zero-order chi connectivity index (χ0) is 21.3. The van der Waals surface area contributed by atoms with Gasteiger partial charge in [-0.05, 0) is 38.5 Å². The first-order valence-electron chi connectivity index (χ1n) is 9.11. The third-order valence-electron chi connectivity index (χ3n) is 4.51. The minimum absolute atomic E-state index is 0.143. The first-order chi connectivity index (χ1) is 13.8. The van der Waals surface area contributed by atoms with Crippen LogP contribution in [0.5, 0.6) is 11.5 Å². The summed E-state index contributed by atoms with van der Waals surface area (Å²) in [6.07, 6.45) is 0. The van der Waals surface area contributed by atoms with Crippen LogP contribution in [0.1, 0.15) is 39.3 Å². The van der Waals surface area contributed by atoms with Gasteiger partial charge in [-0.2, -0.15) is 0 Å². The molecular weight excluding hydrogens is 396 g/mol. The van der Waals surface area contributed by atoms with Gasteiger partial charge >= 0.3 is 11.9 Å². The summed E-state index contributed by atoms with van der Waals surface area (Å²) in [7, 11) is 1.45. The Bertz CT molecular complexity index is 939. The number of benzene rings is 1. The number of allylic oxidation sites excluding steroid dienone is 1. The van der Waals surface area contributed by atoms with Crippen molar-refractivity contribution < 1.29 is 28.6 Å². The first-order valence-corrected chi connectivity index (χ1v) is 9.99. The number of carbonyl (C=O) groups excluding carboxylic acids is 3. The van der Waals surface area contributed by atoms with Gasteiger partial charge in [0.1, 0.15) is 0 Å². The average Bonchev–Trinajstić information content (AvgIpc) is 2.94. The van der Waals surface area contributed by atoms with E-state index < -0.39 is 18.0 Å². The molecule has 1 aromatic carbocycles. The van der Waals surface area contributed by atoms with Gasteiger partial charge in [0.15, 0.2) is 16.7 Å². The summed E-state index contributed by atoms with van der Waals surface area (Å²) in [6, 6.07) is 4.21. The quantitative estimate of drug-likeness (QED) is 0.536. The summed E-state index contributed by atoms with van der Waals surface area (Å²) in [5.74, 6) is -0.586. The third-order valence-corrected chi connectivity index (χ3v) is 5.56. The van der Waals surface area contributed by atoms with Crippen molar-refractivity contribution in [2.45, 2.75) is 39.0 Å². The predicted octanol–water partition coefficient (Wildman–Crippen LogP) is 2.83. The molecule has 0 spiro atoms. The highest BCUT2D eigenvalue weighted by atomic mass is 32.2. The maximum absolute atomic E-state index is 12.9. The Labute approximate surface area is 172 Å². The number of amides is 1. The van der Waals surface area contributed by atoms with Gasteiger partial charge in [-0.25, -0.2) is 9.79 Å². The highest BCUT2D eigenvalue weighted by molar-refractivity contribution is 8.15. The van der Waals surface area contributed by atoms with E-state index in [1.54, 1.807) is 39.0 Å². The molecular formula is C20H22N2O6S. The second-order valence-corrected chi connectivity index (χ2v) is 7.80. The van der Waals surface area contributed by atoms with Crippen molar-refractivity contribution in [1.82, 2.24) is 4.90 Å². The fourth-order valence-electron chi connectivity index (χ4n) is 3.28. The summed E-state index contributed by atoms with van der Waals surface area (Å²) in [5, 5.41) is 0.230. The minimum atomic E-state index is -0.716. The summed E-state index contributed by atoms with van der Waals surface area (Å²) in [6.45, 7) is 6.74. The van der Waals surface area contributed by atoms with E-state index in [1.165, 1.54) is 30.7 Å². The molecule has 0 unspecified atom stereocenters. The maximum atomic E-state index is 12.9. The van der Waals surface area contributed by atoms with Crippen molar-refractivity contribution in [2.24, 2.45) is 4.99 Å². The maximum Gasteiger partial charge on any atom is 0.338 e. The van der Waals surface area contributed by atoms with Crippen LogP contribution in [-0.2, 0) is 19.1 Å². The van der Waals surface area contributed by atoms with Gasteiger partial charge in [0.2, 0.25) is 5.91 Å². The minimum Gasteiger partial charge on any atom is -0.493 e. The van der Waals surface area contributed by atoms with Crippen LogP contribution < -0.4 is 9.47 Å². The first kappa shape index (κ1) is 20.9. The smallest absolute Gasteiger partial charge is 0.338 e. The zero-order valence-electron chi connectivity index (χ0n) is 16.8. The van der Waals surface area contributed by atoms with E-state index in [2.05, 4.69) is 4.99 Å². The molecule has 1 aromatic rings. The Morgan fingerprint density at radius 3 is 2.62 bits per heavy atom. The van der Waals surface area contributed by atoms with Crippen molar-refractivity contribution in [2.75, 3.05) is 13.7 Å². The normalized spacial score (nSPS) is 20.9. The molecule has 1 fully saturated rings. The van der Waals surface area contributed by atoms with E-state index in [0.29, 0.717) is 27.8 Å². The molecule has 0 bridgehead atoms. The number of amidine groups is 1. The summed E-state index contributed by atoms with van der Waals surface area (Å²) in [5.41, 5.74) is 1.41. The average molecular weight is 418 g/mol. The van der Waals surface area contributed by atoms with Crippen LogP contribution >= 0.6 is 11.8 Å². The fourth-order valence-corrected chi connectivity index (χ4v) is 4.31. The fraction of sp³-hybridized carbons (Fsp3) is 0.400. The summed E-state index contributed by atoms with van der Waals surface area (Å²) >= 11 is 1.35. The SMILES string of the molecule is CCOC(=O)C1=C(C)N=C2S[C@H](C)C(=O)N2[C@@H]1c1ccc(OC(C)=O)c(OC)c1. The largest absolute Gasteiger partial charge is 0.493 e. The van der Waals surface area contributed by atoms with Gasteiger partial charge in [0.25, 0.3) is 0 Å². The van der Waals surface area contributed by atoms with Crippen LogP contribution in [0.4, 0.5) is 0 Å². The van der Waals surface area contributed by atoms with Gasteiger partial charge in [-0.3, -0.25) is 14.5 Å². The lowest BCUT2D eigenvalue weighted by Crippen LogP contribution is -2.40. The Morgan fingerprint density at radius 1 is 1.28 bits per heavy atom. The lowest BCUT2D eigenvalue weighted by atomic mass is 9.94. The second kappa shape index (κ2) is 8.28. The number of nitrogens with zero attached hydrogens (tertiary/aromatic N) is 2. The summed E-state index contributed by atoms with van der Waals surface area (Å²) in [4.78, 5) is 42.9. The zero-order valence-corrected chi connectivity index (χ0v) is 17.7. The molecule has 9 heteroatoms. The summed E-state index contributed by atoms with van der Waals surface area (Å²) < 4.78 is 15.8. The molecule has 154 valence electrons. The van der Waals surface area contributed by atoms with Crippen molar-refractivity contribution in [3.63, 3.8) is 0 Å². The molecule has 8 nitrogen and oxygen atoms in total. The molecule has 2 atom stereocenters. The number of hydrogen-bond donors (Lipinski definition) is 0. The number of hydrogen-bond acceptors (Lipinski definition) is 8. The van der Waals surface area contributed by atoms with Crippen molar-refractivity contribution in [3.05, 3.63) is 35.0 Å². The number of esters is 2. The molecule has 2 aliphatic rings. The monoisotopic (exact) mass is 418 g/mol. The number of methoxy groups -OCH3 is 1. The van der Waals surface area contributed by atoms with Crippen molar-refractivity contribution in [1.29, 1.82) is 0 Å². The molecule has 0 aromatic heterocycles. The number of ether oxygens (including phenoxy) is 3. The Balaban J connectivity index is 2.14. The van der Waals surface area contributed by atoms with Crippen LogP contribution in [-0.4, -0.2) is 46.9 Å². The standard InChI is InChI=1S/C20H22N2O6S/c1-6-27-19(25)16-10(2)21-20-22(18(24)11(3)29-20)17(16)13-7-8-14(28-12(4)23)15(9-13)26-5/h7-9,11,17H,6H2,1-5H3/t11-,17-/m1/s1. The van der Waals surface area contributed by atoms with Gasteiger partial charge in [0, 0.05) is 6.92 Å². The van der Waals surface area contributed by atoms with E-state index in [-0.39, 0.29) is 23.5 Å². The molecule has 1 saturated heterocycles. The lowest BCUT2D eigenvalue weighted by Gasteiger charge is -2.33. The number of carbonyl (C=O) groups is 3. The number of thioether (sulfide) groups is 1. The predicted molar refractivity (Wildman–Crippen MR) is 108 cm³/mol.